The lowest BCUT2D eigenvalue weighted by Gasteiger charge is -2.10. The van der Waals surface area contributed by atoms with Crippen molar-refractivity contribution in [3.63, 3.8) is 0 Å². The Bertz CT molecular complexity index is 501. The predicted octanol–water partition coefficient (Wildman–Crippen LogP) is 2.54. The first kappa shape index (κ1) is 12.0. The summed E-state index contributed by atoms with van der Waals surface area (Å²) in [6, 6.07) is 1.34. The van der Waals surface area contributed by atoms with E-state index in [2.05, 4.69) is 20.5 Å². The van der Waals surface area contributed by atoms with Crippen LogP contribution in [0.2, 0.25) is 10.2 Å². The third-order valence-electron chi connectivity index (χ3n) is 2.34. The summed E-state index contributed by atoms with van der Waals surface area (Å²) in [5, 5.41) is 9.88. The first-order chi connectivity index (χ1) is 8.08. The summed E-state index contributed by atoms with van der Waals surface area (Å²) in [7, 11) is 0. The molecule has 0 aliphatic carbocycles. The molecule has 17 heavy (non-hydrogen) atoms. The number of carbonyl (C=O) groups excluding carboxylic acids is 1. The van der Waals surface area contributed by atoms with Crippen molar-refractivity contribution in [3.8, 4) is 0 Å². The van der Waals surface area contributed by atoms with E-state index >= 15 is 0 Å². The van der Waals surface area contributed by atoms with Gasteiger partial charge in [0.2, 0.25) is 0 Å². The van der Waals surface area contributed by atoms with Crippen LogP contribution in [0, 0.1) is 0 Å². The van der Waals surface area contributed by atoms with E-state index in [1.807, 2.05) is 6.92 Å². The molecule has 2 aromatic heterocycles. The molecule has 0 aromatic carbocycles. The topological polar surface area (TPSA) is 73.6 Å². The molecule has 0 spiro atoms. The van der Waals surface area contributed by atoms with Crippen LogP contribution >= 0.6 is 23.2 Å². The molecule has 0 aliphatic rings. The first-order valence-electron chi connectivity index (χ1n) is 4.91. The molecular weight excluding hydrogens is 263 g/mol. The molecule has 2 aromatic rings. The van der Waals surface area contributed by atoms with E-state index in [0.717, 1.165) is 5.56 Å². The van der Waals surface area contributed by atoms with E-state index in [9.17, 15) is 4.79 Å². The fourth-order valence-electron chi connectivity index (χ4n) is 1.38. The molecule has 1 amide bonds. The highest BCUT2D eigenvalue weighted by atomic mass is 35.5. The van der Waals surface area contributed by atoms with Crippen molar-refractivity contribution >= 4 is 29.1 Å². The minimum absolute atomic E-state index is 0.151. The Kier molecular flexibility index (Phi) is 3.40. The van der Waals surface area contributed by atoms with Gasteiger partial charge in [-0.1, -0.05) is 23.2 Å². The van der Waals surface area contributed by atoms with E-state index in [0.29, 0.717) is 10.7 Å². The van der Waals surface area contributed by atoms with Crippen molar-refractivity contribution < 1.29 is 4.79 Å². The third-order valence-corrected chi connectivity index (χ3v) is 3.03. The fraction of sp³-hybridized carbons (Fsp3) is 0.200. The molecule has 0 saturated carbocycles. The summed E-state index contributed by atoms with van der Waals surface area (Å²) < 4.78 is 0. The van der Waals surface area contributed by atoms with Crippen molar-refractivity contribution in [1.29, 1.82) is 0 Å². The molecule has 1 atom stereocenters. The molecule has 1 unspecified atom stereocenters. The van der Waals surface area contributed by atoms with E-state index in [1.54, 1.807) is 12.4 Å². The lowest BCUT2D eigenvalue weighted by molar-refractivity contribution is 0.0935. The Morgan fingerprint density at radius 2 is 2.29 bits per heavy atom. The van der Waals surface area contributed by atoms with Crippen LogP contribution in [0.1, 0.15) is 29.0 Å². The molecular formula is C10H10Cl2N4O. The maximum atomic E-state index is 11.8. The molecule has 2 rings (SSSR count). The van der Waals surface area contributed by atoms with Gasteiger partial charge < -0.3 is 10.3 Å². The van der Waals surface area contributed by atoms with Gasteiger partial charge in [-0.2, -0.15) is 5.10 Å². The summed E-state index contributed by atoms with van der Waals surface area (Å²) >= 11 is 11.5. The quantitative estimate of drug-likeness (QED) is 0.803. The van der Waals surface area contributed by atoms with Crippen LogP contribution < -0.4 is 5.32 Å². The Morgan fingerprint density at radius 1 is 1.53 bits per heavy atom. The second-order valence-corrected chi connectivity index (χ2v) is 4.36. The van der Waals surface area contributed by atoms with Crippen LogP contribution in [-0.4, -0.2) is 21.1 Å². The Labute approximate surface area is 108 Å². The van der Waals surface area contributed by atoms with Gasteiger partial charge >= 0.3 is 0 Å². The van der Waals surface area contributed by atoms with Crippen LogP contribution in [0.4, 0.5) is 0 Å². The standard InChI is InChI=1S/C10H10Cl2N4O/c1-5(6-3-13-14-4-6)15-10(17)8-2-7(11)9(12)16-8/h2-5,16H,1H3,(H,13,14)(H,15,17). The average Bonchev–Trinajstić information content (AvgIpc) is 2.89. The Morgan fingerprint density at radius 3 is 2.82 bits per heavy atom. The number of amides is 1. The van der Waals surface area contributed by atoms with Crippen LogP contribution in [0.15, 0.2) is 18.5 Å². The number of halogens is 2. The zero-order valence-electron chi connectivity index (χ0n) is 8.92. The van der Waals surface area contributed by atoms with Crippen LogP contribution in [0.3, 0.4) is 0 Å². The zero-order valence-corrected chi connectivity index (χ0v) is 10.4. The molecule has 2 heterocycles. The van der Waals surface area contributed by atoms with E-state index < -0.39 is 0 Å². The molecule has 0 bridgehead atoms. The first-order valence-corrected chi connectivity index (χ1v) is 5.67. The minimum atomic E-state index is -0.271. The van der Waals surface area contributed by atoms with Gasteiger partial charge in [0.1, 0.15) is 10.8 Å². The normalized spacial score (nSPS) is 12.4. The number of carbonyl (C=O) groups is 1. The van der Waals surface area contributed by atoms with E-state index in [4.69, 9.17) is 23.2 Å². The van der Waals surface area contributed by atoms with Gasteiger partial charge in [-0.3, -0.25) is 9.89 Å². The molecule has 5 nitrogen and oxygen atoms in total. The highest BCUT2D eigenvalue weighted by Gasteiger charge is 2.15. The molecule has 0 fully saturated rings. The number of nitrogens with one attached hydrogen (secondary N) is 3. The molecule has 7 heteroatoms. The molecule has 0 radical (unpaired) electrons. The number of hydrogen-bond donors (Lipinski definition) is 3. The maximum Gasteiger partial charge on any atom is 0.268 e. The lowest BCUT2D eigenvalue weighted by Crippen LogP contribution is -2.26. The van der Waals surface area contributed by atoms with Gasteiger partial charge in [0.05, 0.1) is 17.3 Å². The highest BCUT2D eigenvalue weighted by Crippen LogP contribution is 2.22. The summed E-state index contributed by atoms with van der Waals surface area (Å²) in [6.45, 7) is 1.86. The van der Waals surface area contributed by atoms with Crippen molar-refractivity contribution in [3.05, 3.63) is 39.9 Å². The monoisotopic (exact) mass is 272 g/mol. The fourth-order valence-corrected chi connectivity index (χ4v) is 1.69. The highest BCUT2D eigenvalue weighted by molar-refractivity contribution is 6.41. The van der Waals surface area contributed by atoms with Gasteiger partial charge in [0.15, 0.2) is 0 Å². The average molecular weight is 273 g/mol. The molecule has 0 saturated heterocycles. The predicted molar refractivity (Wildman–Crippen MR) is 65.3 cm³/mol. The second kappa shape index (κ2) is 4.81. The molecule has 3 N–H and O–H groups in total. The number of nitrogens with zero attached hydrogens (tertiary/aromatic N) is 1. The number of aromatic nitrogens is 3. The van der Waals surface area contributed by atoms with Crippen molar-refractivity contribution in [2.45, 2.75) is 13.0 Å². The van der Waals surface area contributed by atoms with Gasteiger partial charge in [-0.05, 0) is 13.0 Å². The summed E-state index contributed by atoms with van der Waals surface area (Å²) in [4.78, 5) is 14.5. The number of H-pyrrole nitrogens is 2. The largest absolute Gasteiger partial charge is 0.344 e. The van der Waals surface area contributed by atoms with Gasteiger partial charge in [-0.25, -0.2) is 0 Å². The van der Waals surface area contributed by atoms with Crippen molar-refractivity contribution in [2.24, 2.45) is 0 Å². The van der Waals surface area contributed by atoms with Crippen LogP contribution in [-0.2, 0) is 0 Å². The van der Waals surface area contributed by atoms with Gasteiger partial charge in [0, 0.05) is 11.8 Å². The van der Waals surface area contributed by atoms with Gasteiger partial charge in [0.25, 0.3) is 5.91 Å². The number of hydrogen-bond acceptors (Lipinski definition) is 2. The molecule has 0 aliphatic heterocycles. The number of rotatable bonds is 3. The SMILES string of the molecule is CC(NC(=O)c1cc(Cl)c(Cl)[nH]1)c1cn[nH]c1. The molecule has 90 valence electrons. The van der Waals surface area contributed by atoms with Crippen LogP contribution in [0.25, 0.3) is 0 Å². The summed E-state index contributed by atoms with van der Waals surface area (Å²) in [6.07, 6.45) is 3.37. The van der Waals surface area contributed by atoms with Crippen molar-refractivity contribution in [2.75, 3.05) is 0 Å². The van der Waals surface area contributed by atoms with Crippen LogP contribution in [0.5, 0.6) is 0 Å². The number of aromatic amines is 2. The van der Waals surface area contributed by atoms with E-state index in [1.165, 1.54) is 6.07 Å². The minimum Gasteiger partial charge on any atom is -0.344 e. The smallest absolute Gasteiger partial charge is 0.268 e. The van der Waals surface area contributed by atoms with Gasteiger partial charge in [-0.15, -0.1) is 0 Å². The van der Waals surface area contributed by atoms with E-state index in [-0.39, 0.29) is 17.1 Å². The summed E-state index contributed by atoms with van der Waals surface area (Å²) in [5.41, 5.74) is 1.22. The summed E-state index contributed by atoms with van der Waals surface area (Å²) in [5.74, 6) is -0.271. The maximum absolute atomic E-state index is 11.8. The Balaban J connectivity index is 2.07. The van der Waals surface area contributed by atoms with Crippen molar-refractivity contribution in [1.82, 2.24) is 20.5 Å². The zero-order chi connectivity index (χ0) is 12.4. The third kappa shape index (κ3) is 2.62. The lowest BCUT2D eigenvalue weighted by atomic mass is 10.2. The Hall–Kier alpha value is -1.46. The second-order valence-electron chi connectivity index (χ2n) is 3.57.